The molecule has 6 rings (SSSR count). The van der Waals surface area contributed by atoms with Gasteiger partial charge in [-0.15, -0.1) is 0 Å². The smallest absolute Gasteiger partial charge is 0.257 e. The predicted octanol–water partition coefficient (Wildman–Crippen LogP) is 6.68. The number of nitrogens with two attached hydrogens (primary N) is 1. The molecule has 0 spiro atoms. The lowest BCUT2D eigenvalue weighted by Crippen LogP contribution is -2.15. The number of rotatable bonds is 5. The Kier molecular flexibility index (Phi) is 5.27. The third kappa shape index (κ3) is 3.78. The van der Waals surface area contributed by atoms with E-state index in [1.807, 2.05) is 77.7 Å². The van der Waals surface area contributed by atoms with E-state index in [9.17, 15) is 4.79 Å². The summed E-state index contributed by atoms with van der Waals surface area (Å²) in [5.74, 6) is 0.381. The molecule has 4 aromatic carbocycles. The standard InChI is InChI=1S/C29H21N5O2/c30-24-12-3-1-10-23(24)29(35)33-19-7-5-8-20(17-19)34(27-15-16-31-18-32-27)25-13-6-11-22-21-9-2-4-14-26(21)36-28(22)25/h1-18H,30H2,(H,33,35). The van der Waals surface area contributed by atoms with Gasteiger partial charge in [0, 0.05) is 34.0 Å². The first-order chi connectivity index (χ1) is 17.7. The number of hydrogen-bond acceptors (Lipinski definition) is 6. The summed E-state index contributed by atoms with van der Waals surface area (Å²) in [6, 6.07) is 30.4. The van der Waals surface area contributed by atoms with Gasteiger partial charge in [0.25, 0.3) is 5.91 Å². The Hall–Kier alpha value is -5.17. The lowest BCUT2D eigenvalue weighted by molar-refractivity contribution is 0.102. The molecule has 0 aliphatic heterocycles. The Morgan fingerprint density at radius 1 is 0.861 bits per heavy atom. The van der Waals surface area contributed by atoms with Crippen LogP contribution in [0.2, 0.25) is 0 Å². The van der Waals surface area contributed by atoms with Crippen LogP contribution < -0.4 is 16.0 Å². The number of hydrogen-bond donors (Lipinski definition) is 2. The van der Waals surface area contributed by atoms with Crippen LogP contribution >= 0.6 is 0 Å². The molecule has 0 radical (unpaired) electrons. The highest BCUT2D eigenvalue weighted by Gasteiger charge is 2.20. The van der Waals surface area contributed by atoms with Gasteiger partial charge in [-0.25, -0.2) is 9.97 Å². The lowest BCUT2D eigenvalue weighted by Gasteiger charge is -2.24. The number of amides is 1. The Morgan fingerprint density at radius 3 is 2.53 bits per heavy atom. The minimum atomic E-state index is -0.279. The highest BCUT2D eigenvalue weighted by Crippen LogP contribution is 2.41. The van der Waals surface area contributed by atoms with Crippen molar-refractivity contribution in [1.82, 2.24) is 9.97 Å². The van der Waals surface area contributed by atoms with Crippen LogP contribution in [0.4, 0.5) is 28.6 Å². The Labute approximate surface area is 206 Å². The van der Waals surface area contributed by atoms with Crippen molar-refractivity contribution in [3.63, 3.8) is 0 Å². The van der Waals surface area contributed by atoms with E-state index in [4.69, 9.17) is 10.2 Å². The molecule has 0 saturated carbocycles. The molecule has 0 saturated heterocycles. The average molecular weight is 472 g/mol. The topological polar surface area (TPSA) is 97.3 Å². The minimum Gasteiger partial charge on any atom is -0.454 e. The monoisotopic (exact) mass is 471 g/mol. The van der Waals surface area contributed by atoms with E-state index in [1.165, 1.54) is 6.33 Å². The van der Waals surface area contributed by atoms with Crippen molar-refractivity contribution in [2.75, 3.05) is 16.0 Å². The first-order valence-corrected chi connectivity index (χ1v) is 11.4. The van der Waals surface area contributed by atoms with Crippen LogP contribution in [0.15, 0.2) is 114 Å². The fraction of sp³-hybridized carbons (Fsp3) is 0. The number of furan rings is 1. The molecule has 0 unspecified atom stereocenters. The fourth-order valence-electron chi connectivity index (χ4n) is 4.34. The molecule has 0 aliphatic carbocycles. The highest BCUT2D eigenvalue weighted by atomic mass is 16.3. The van der Waals surface area contributed by atoms with Gasteiger partial charge in [-0.3, -0.25) is 9.69 Å². The van der Waals surface area contributed by atoms with Gasteiger partial charge in [-0.05, 0) is 48.5 Å². The maximum atomic E-state index is 12.9. The zero-order valence-electron chi connectivity index (χ0n) is 19.1. The van der Waals surface area contributed by atoms with Crippen LogP contribution in [0.25, 0.3) is 21.9 Å². The van der Waals surface area contributed by atoms with E-state index < -0.39 is 0 Å². The van der Waals surface area contributed by atoms with Crippen LogP contribution in [0.3, 0.4) is 0 Å². The molecule has 1 amide bonds. The molecular formula is C29H21N5O2. The average Bonchev–Trinajstić information content (AvgIpc) is 3.30. The van der Waals surface area contributed by atoms with Crippen LogP contribution in [0.5, 0.6) is 0 Å². The maximum absolute atomic E-state index is 12.9. The number of carbonyl (C=O) groups is 1. The molecule has 6 aromatic rings. The van der Waals surface area contributed by atoms with E-state index in [2.05, 4.69) is 15.3 Å². The minimum absolute atomic E-state index is 0.279. The van der Waals surface area contributed by atoms with Gasteiger partial charge in [0.2, 0.25) is 0 Å². The number of carbonyl (C=O) groups excluding carboxylic acids is 1. The maximum Gasteiger partial charge on any atom is 0.257 e. The van der Waals surface area contributed by atoms with Crippen molar-refractivity contribution >= 4 is 56.4 Å². The molecule has 0 fully saturated rings. The number of para-hydroxylation sites is 3. The van der Waals surface area contributed by atoms with Crippen molar-refractivity contribution in [3.05, 3.63) is 115 Å². The number of fused-ring (bicyclic) bond motifs is 3. The largest absolute Gasteiger partial charge is 0.454 e. The number of nitrogens with one attached hydrogen (secondary N) is 1. The molecule has 7 nitrogen and oxygen atoms in total. The Bertz CT molecular complexity index is 1710. The van der Waals surface area contributed by atoms with E-state index in [0.717, 1.165) is 33.3 Å². The Balaban J connectivity index is 1.47. The summed E-state index contributed by atoms with van der Waals surface area (Å²) in [6.45, 7) is 0. The third-order valence-corrected chi connectivity index (χ3v) is 5.99. The number of anilines is 5. The SMILES string of the molecule is Nc1ccccc1C(=O)Nc1cccc(N(c2ccncn2)c2cccc3c2oc2ccccc23)c1. The summed E-state index contributed by atoms with van der Waals surface area (Å²) in [7, 11) is 0. The van der Waals surface area contributed by atoms with Gasteiger partial charge in [0.05, 0.1) is 11.3 Å². The van der Waals surface area contributed by atoms with Gasteiger partial charge in [0.1, 0.15) is 17.7 Å². The highest BCUT2D eigenvalue weighted by molar-refractivity contribution is 6.10. The van der Waals surface area contributed by atoms with E-state index in [1.54, 1.807) is 30.5 Å². The third-order valence-electron chi connectivity index (χ3n) is 5.99. The lowest BCUT2D eigenvalue weighted by atomic mass is 10.1. The van der Waals surface area contributed by atoms with E-state index >= 15 is 0 Å². The summed E-state index contributed by atoms with van der Waals surface area (Å²) < 4.78 is 6.30. The molecule has 174 valence electrons. The molecule has 0 atom stereocenters. The zero-order valence-corrected chi connectivity index (χ0v) is 19.1. The second-order valence-corrected chi connectivity index (χ2v) is 8.25. The molecule has 2 heterocycles. The zero-order chi connectivity index (χ0) is 24.5. The van der Waals surface area contributed by atoms with Gasteiger partial charge in [-0.1, -0.05) is 48.5 Å². The van der Waals surface area contributed by atoms with Gasteiger partial charge in [0.15, 0.2) is 5.58 Å². The molecule has 2 aromatic heterocycles. The van der Waals surface area contributed by atoms with Gasteiger partial charge >= 0.3 is 0 Å². The molecule has 7 heteroatoms. The fourth-order valence-corrected chi connectivity index (χ4v) is 4.34. The molecule has 3 N–H and O–H groups in total. The van der Waals surface area contributed by atoms with Gasteiger partial charge in [-0.2, -0.15) is 0 Å². The van der Waals surface area contributed by atoms with Crippen molar-refractivity contribution in [3.8, 4) is 0 Å². The molecular weight excluding hydrogens is 450 g/mol. The quantitative estimate of drug-likeness (QED) is 0.272. The number of nitrogens with zero attached hydrogens (tertiary/aromatic N) is 3. The van der Waals surface area contributed by atoms with E-state index in [-0.39, 0.29) is 5.91 Å². The van der Waals surface area contributed by atoms with Crippen molar-refractivity contribution in [1.29, 1.82) is 0 Å². The van der Waals surface area contributed by atoms with Crippen LogP contribution in [0.1, 0.15) is 10.4 Å². The number of benzene rings is 4. The second-order valence-electron chi connectivity index (χ2n) is 8.25. The summed E-state index contributed by atoms with van der Waals surface area (Å²) in [5, 5.41) is 5.00. The van der Waals surface area contributed by atoms with Crippen molar-refractivity contribution in [2.24, 2.45) is 0 Å². The van der Waals surface area contributed by atoms with Crippen molar-refractivity contribution in [2.45, 2.75) is 0 Å². The second kappa shape index (κ2) is 8.88. The van der Waals surface area contributed by atoms with Crippen LogP contribution in [0, 0.1) is 0 Å². The van der Waals surface area contributed by atoms with Gasteiger partial charge < -0.3 is 15.5 Å². The van der Waals surface area contributed by atoms with Crippen LogP contribution in [-0.2, 0) is 0 Å². The number of nitrogen functional groups attached to an aromatic ring is 1. The molecule has 36 heavy (non-hydrogen) atoms. The summed E-state index contributed by atoms with van der Waals surface area (Å²) >= 11 is 0. The first kappa shape index (κ1) is 21.4. The molecule has 0 aliphatic rings. The first-order valence-electron chi connectivity index (χ1n) is 11.4. The van der Waals surface area contributed by atoms with Crippen LogP contribution in [-0.4, -0.2) is 15.9 Å². The Morgan fingerprint density at radius 2 is 1.67 bits per heavy atom. The summed E-state index contributed by atoms with van der Waals surface area (Å²) in [6.07, 6.45) is 3.20. The number of aromatic nitrogens is 2. The normalized spacial score (nSPS) is 11.0. The summed E-state index contributed by atoms with van der Waals surface area (Å²) in [5.41, 5.74) is 10.6. The van der Waals surface area contributed by atoms with E-state index in [0.29, 0.717) is 22.8 Å². The van der Waals surface area contributed by atoms with Crippen molar-refractivity contribution < 1.29 is 9.21 Å². The molecule has 0 bridgehead atoms. The summed E-state index contributed by atoms with van der Waals surface area (Å²) in [4.78, 5) is 23.5. The predicted molar refractivity (Wildman–Crippen MR) is 143 cm³/mol.